The number of hydrogen-bond donors (Lipinski definition) is 1. The number of carbonyl (C=O) groups is 2. The molecule has 4 heterocycles. The van der Waals surface area contributed by atoms with Gasteiger partial charge in [-0.1, -0.05) is 6.07 Å². The first-order valence-electron chi connectivity index (χ1n) is 9.64. The van der Waals surface area contributed by atoms with Gasteiger partial charge in [-0.3, -0.25) is 14.7 Å². The summed E-state index contributed by atoms with van der Waals surface area (Å²) in [5.41, 5.74) is 1.62. The topological polar surface area (TPSA) is 92.2 Å². The molecular weight excluding hydrogens is 451 g/mol. The van der Waals surface area contributed by atoms with E-state index in [-0.39, 0.29) is 12.5 Å². The third-order valence-electron chi connectivity index (χ3n) is 4.87. The Morgan fingerprint density at radius 1 is 1.31 bits per heavy atom. The lowest BCUT2D eigenvalue weighted by Crippen LogP contribution is -2.60. The molecule has 8 nitrogen and oxygen atoms in total. The fraction of sp³-hybridized carbons (Fsp3) is 0.450. The van der Waals surface area contributed by atoms with Gasteiger partial charge < -0.3 is 19.5 Å². The molecule has 2 fully saturated rings. The van der Waals surface area contributed by atoms with Crippen LogP contribution in [-0.2, 0) is 25.6 Å². The SMILES string of the molecule is O=C(O)C(F)(F)F.O=C1COC2(COCCN(Cc3cccnc3)C2)CN1c1ccsc1. The van der Waals surface area contributed by atoms with E-state index >= 15 is 0 Å². The third kappa shape index (κ3) is 6.48. The van der Waals surface area contributed by atoms with E-state index in [1.165, 1.54) is 5.56 Å². The highest BCUT2D eigenvalue weighted by molar-refractivity contribution is 7.08. The van der Waals surface area contributed by atoms with E-state index in [0.717, 1.165) is 25.3 Å². The Kier molecular flexibility index (Phi) is 7.82. The van der Waals surface area contributed by atoms with Gasteiger partial charge in [0, 0.05) is 37.4 Å². The highest BCUT2D eigenvalue weighted by Crippen LogP contribution is 2.28. The van der Waals surface area contributed by atoms with E-state index in [0.29, 0.717) is 19.8 Å². The Morgan fingerprint density at radius 2 is 2.09 bits per heavy atom. The number of thiophene rings is 1. The highest BCUT2D eigenvalue weighted by Gasteiger charge is 2.43. The normalized spacial score (nSPS) is 22.2. The second kappa shape index (κ2) is 10.4. The Labute approximate surface area is 186 Å². The van der Waals surface area contributed by atoms with Crippen molar-refractivity contribution in [3.8, 4) is 0 Å². The number of anilines is 1. The molecular formula is C20H22F3N3O5S. The van der Waals surface area contributed by atoms with E-state index in [1.807, 2.05) is 34.0 Å². The first-order valence-corrected chi connectivity index (χ1v) is 10.6. The van der Waals surface area contributed by atoms with E-state index in [1.54, 1.807) is 17.5 Å². The van der Waals surface area contributed by atoms with Crippen LogP contribution in [0.4, 0.5) is 18.9 Å². The van der Waals surface area contributed by atoms with Crippen molar-refractivity contribution < 1.29 is 37.3 Å². The molecule has 1 N–H and O–H groups in total. The van der Waals surface area contributed by atoms with Crippen LogP contribution in [-0.4, -0.2) is 78.1 Å². The molecule has 2 aliphatic rings. The Bertz CT molecular complexity index is 898. The summed E-state index contributed by atoms with van der Waals surface area (Å²) >= 11 is 1.59. The number of rotatable bonds is 3. The molecule has 0 bridgehead atoms. The number of nitrogens with zero attached hydrogens (tertiary/aromatic N) is 3. The van der Waals surface area contributed by atoms with E-state index in [2.05, 4.69) is 16.0 Å². The van der Waals surface area contributed by atoms with Crippen molar-refractivity contribution in [1.29, 1.82) is 0 Å². The van der Waals surface area contributed by atoms with E-state index < -0.39 is 17.7 Å². The summed E-state index contributed by atoms with van der Waals surface area (Å²) in [6.45, 7) is 4.16. The molecule has 0 radical (unpaired) electrons. The van der Waals surface area contributed by atoms with Crippen LogP contribution in [0.3, 0.4) is 0 Å². The molecule has 2 aromatic rings. The molecule has 0 aromatic carbocycles. The van der Waals surface area contributed by atoms with Crippen molar-refractivity contribution in [1.82, 2.24) is 9.88 Å². The van der Waals surface area contributed by atoms with E-state index in [9.17, 15) is 18.0 Å². The maximum absolute atomic E-state index is 12.3. The van der Waals surface area contributed by atoms with Gasteiger partial charge in [0.25, 0.3) is 5.91 Å². The van der Waals surface area contributed by atoms with Crippen molar-refractivity contribution in [3.63, 3.8) is 0 Å². The molecule has 0 saturated carbocycles. The van der Waals surface area contributed by atoms with Crippen molar-refractivity contribution in [2.75, 3.05) is 44.4 Å². The number of hydrogen-bond acceptors (Lipinski definition) is 7. The number of morpholine rings is 1. The molecule has 1 spiro atoms. The van der Waals surface area contributed by atoms with Crippen molar-refractivity contribution in [2.45, 2.75) is 18.3 Å². The van der Waals surface area contributed by atoms with Gasteiger partial charge in [0.15, 0.2) is 0 Å². The molecule has 32 heavy (non-hydrogen) atoms. The molecule has 0 aliphatic carbocycles. The number of aromatic nitrogens is 1. The first-order chi connectivity index (χ1) is 15.2. The standard InChI is InChI=1S/C18H21N3O3S.C2HF3O2/c22-17-10-24-18(13-21(17)16-3-7-25-11-16)12-20(5-6-23-14-18)9-15-2-1-4-19-8-15;3-2(4,5)1(6)7/h1-4,7-8,11H,5-6,9-10,12-14H2;(H,6,7). The average Bonchev–Trinajstić information content (AvgIpc) is 3.21. The lowest BCUT2D eigenvalue weighted by molar-refractivity contribution is -0.192. The van der Waals surface area contributed by atoms with Gasteiger partial charge in [0.1, 0.15) is 12.2 Å². The predicted molar refractivity (Wildman–Crippen MR) is 109 cm³/mol. The highest BCUT2D eigenvalue weighted by atomic mass is 32.1. The number of carbonyl (C=O) groups excluding carboxylic acids is 1. The summed E-state index contributed by atoms with van der Waals surface area (Å²) in [6, 6.07) is 6.01. The first kappa shape index (κ1) is 24.1. The van der Waals surface area contributed by atoms with Crippen LogP contribution in [0.5, 0.6) is 0 Å². The summed E-state index contributed by atoms with van der Waals surface area (Å²) in [4.78, 5) is 29.6. The number of alkyl halides is 3. The summed E-state index contributed by atoms with van der Waals surface area (Å²) in [5, 5.41) is 11.1. The molecule has 1 amide bonds. The average molecular weight is 473 g/mol. The quantitative estimate of drug-likeness (QED) is 0.732. The summed E-state index contributed by atoms with van der Waals surface area (Å²) in [5.74, 6) is -2.75. The van der Waals surface area contributed by atoms with Gasteiger partial charge in [-0.15, -0.1) is 0 Å². The van der Waals surface area contributed by atoms with E-state index in [4.69, 9.17) is 19.4 Å². The van der Waals surface area contributed by atoms with Gasteiger partial charge in [-0.25, -0.2) is 4.79 Å². The smallest absolute Gasteiger partial charge is 0.475 e. The fourth-order valence-corrected chi connectivity index (χ4v) is 4.05. The third-order valence-corrected chi connectivity index (χ3v) is 5.54. The number of aliphatic carboxylic acids is 1. The van der Waals surface area contributed by atoms with Crippen LogP contribution < -0.4 is 4.90 Å². The minimum absolute atomic E-state index is 0.00656. The monoisotopic (exact) mass is 473 g/mol. The molecule has 12 heteroatoms. The molecule has 1 atom stereocenters. The number of carboxylic acid groups (broad SMARTS) is 1. The number of carboxylic acids is 1. The van der Waals surface area contributed by atoms with Crippen LogP contribution in [0.25, 0.3) is 0 Å². The lowest BCUT2D eigenvalue weighted by Gasteiger charge is -2.42. The minimum Gasteiger partial charge on any atom is -0.475 e. The van der Waals surface area contributed by atoms with Gasteiger partial charge >= 0.3 is 12.1 Å². The van der Waals surface area contributed by atoms with Crippen molar-refractivity contribution >= 4 is 28.9 Å². The minimum atomic E-state index is -5.08. The maximum Gasteiger partial charge on any atom is 0.490 e. The van der Waals surface area contributed by atoms with Crippen LogP contribution in [0.2, 0.25) is 0 Å². The summed E-state index contributed by atoms with van der Waals surface area (Å²) in [6.07, 6.45) is -1.41. The lowest BCUT2D eigenvalue weighted by atomic mass is 10.0. The van der Waals surface area contributed by atoms with Gasteiger partial charge in [-0.2, -0.15) is 24.5 Å². The summed E-state index contributed by atoms with van der Waals surface area (Å²) in [7, 11) is 0. The Balaban J connectivity index is 0.000000360. The molecule has 2 aliphatic heterocycles. The zero-order valence-electron chi connectivity index (χ0n) is 17.0. The van der Waals surface area contributed by atoms with Crippen LogP contribution in [0.1, 0.15) is 5.56 Å². The molecule has 4 rings (SSSR count). The molecule has 2 saturated heterocycles. The number of ether oxygens (including phenoxy) is 2. The maximum atomic E-state index is 12.3. The Hall–Kier alpha value is -2.54. The fourth-order valence-electron chi connectivity index (χ4n) is 3.41. The zero-order chi connectivity index (χ0) is 23.2. The van der Waals surface area contributed by atoms with Crippen molar-refractivity contribution in [3.05, 3.63) is 46.9 Å². The molecule has 1 unspecified atom stereocenters. The summed E-state index contributed by atoms with van der Waals surface area (Å²) < 4.78 is 43.6. The largest absolute Gasteiger partial charge is 0.490 e. The number of pyridine rings is 1. The second-order valence-electron chi connectivity index (χ2n) is 7.36. The van der Waals surface area contributed by atoms with Crippen LogP contribution in [0.15, 0.2) is 41.4 Å². The van der Waals surface area contributed by atoms with Crippen molar-refractivity contribution in [2.24, 2.45) is 0 Å². The molecule has 174 valence electrons. The number of amides is 1. The zero-order valence-corrected chi connectivity index (χ0v) is 17.8. The van der Waals surface area contributed by atoms with Crippen LogP contribution >= 0.6 is 11.3 Å². The van der Waals surface area contributed by atoms with Gasteiger partial charge in [0.2, 0.25) is 0 Å². The van der Waals surface area contributed by atoms with Gasteiger partial charge in [-0.05, 0) is 23.1 Å². The van der Waals surface area contributed by atoms with Crippen LogP contribution in [0, 0.1) is 0 Å². The number of halogens is 3. The predicted octanol–water partition coefficient (Wildman–Crippen LogP) is 2.41. The Morgan fingerprint density at radius 3 is 2.72 bits per heavy atom. The van der Waals surface area contributed by atoms with Gasteiger partial charge in [0.05, 0.1) is 25.4 Å². The second-order valence-corrected chi connectivity index (χ2v) is 8.14. The molecule has 2 aromatic heterocycles.